The predicted octanol–water partition coefficient (Wildman–Crippen LogP) is 3.82. The molecule has 2 heterocycles. The number of nitrogens with one attached hydrogen (secondary N) is 1. The van der Waals surface area contributed by atoms with Gasteiger partial charge in [0.2, 0.25) is 5.60 Å². The second-order valence-corrected chi connectivity index (χ2v) is 8.64. The van der Waals surface area contributed by atoms with Gasteiger partial charge in [0, 0.05) is 12.1 Å². The van der Waals surface area contributed by atoms with Crippen molar-refractivity contribution >= 4 is 5.97 Å². The first-order chi connectivity index (χ1) is 16.2. The number of esters is 1. The lowest BCUT2D eigenvalue weighted by atomic mass is 9.86. The van der Waals surface area contributed by atoms with Crippen LogP contribution in [0.25, 0.3) is 0 Å². The summed E-state index contributed by atoms with van der Waals surface area (Å²) in [5.41, 5.74) is -0.0629. The Kier molecular flexibility index (Phi) is 7.81. The first kappa shape index (κ1) is 23.1. The Morgan fingerprint density at radius 1 is 1.03 bits per heavy atom. The zero-order valence-electron chi connectivity index (χ0n) is 18.8. The highest BCUT2D eigenvalue weighted by molar-refractivity contribution is 5.85. The Morgan fingerprint density at radius 2 is 1.67 bits per heavy atom. The maximum atomic E-state index is 13.4. The van der Waals surface area contributed by atoms with Gasteiger partial charge in [-0.25, -0.2) is 14.8 Å². The number of aliphatic hydroxyl groups is 1. The molecule has 1 aliphatic rings. The van der Waals surface area contributed by atoms with Crippen LogP contribution >= 0.6 is 0 Å². The minimum atomic E-state index is -1.88. The van der Waals surface area contributed by atoms with Crippen LogP contribution in [-0.4, -0.2) is 40.7 Å². The summed E-state index contributed by atoms with van der Waals surface area (Å²) in [6.45, 7) is 2.26. The maximum Gasteiger partial charge on any atom is 0.347 e. The fourth-order valence-electron chi connectivity index (χ4n) is 4.51. The van der Waals surface area contributed by atoms with Gasteiger partial charge in [0.05, 0.1) is 12.3 Å². The van der Waals surface area contributed by atoms with E-state index >= 15 is 0 Å². The molecule has 6 nitrogen and oxygen atoms in total. The summed E-state index contributed by atoms with van der Waals surface area (Å²) in [6.07, 6.45) is 7.49. The molecule has 0 bridgehead atoms. The Balaban J connectivity index is 1.52. The number of rotatable bonds is 9. The average Bonchev–Trinajstić information content (AvgIpc) is 2.90. The molecule has 3 aromatic rings. The number of ether oxygens (including phenoxy) is 1. The van der Waals surface area contributed by atoms with E-state index in [1.807, 2.05) is 18.2 Å². The monoisotopic (exact) mass is 445 g/mol. The quantitative estimate of drug-likeness (QED) is 0.487. The van der Waals surface area contributed by atoms with Gasteiger partial charge in [0.25, 0.3) is 0 Å². The lowest BCUT2D eigenvalue weighted by Gasteiger charge is -2.28. The lowest BCUT2D eigenvalue weighted by Crippen LogP contribution is -2.39. The predicted molar refractivity (Wildman–Crippen MR) is 126 cm³/mol. The molecule has 1 fully saturated rings. The molecule has 0 radical (unpaired) electrons. The van der Waals surface area contributed by atoms with Crippen molar-refractivity contribution in [2.75, 3.05) is 19.7 Å². The minimum Gasteiger partial charge on any atom is -0.462 e. The van der Waals surface area contributed by atoms with E-state index in [1.54, 1.807) is 54.7 Å². The summed E-state index contributed by atoms with van der Waals surface area (Å²) in [6, 6.07) is 19.8. The molecular formula is C27H31N3O3. The van der Waals surface area contributed by atoms with Crippen LogP contribution in [0.5, 0.6) is 0 Å². The van der Waals surface area contributed by atoms with Gasteiger partial charge in [0.15, 0.2) is 0 Å². The smallest absolute Gasteiger partial charge is 0.347 e. The fraction of sp³-hybridized carbons (Fsp3) is 0.370. The Bertz CT molecular complexity index is 953. The van der Waals surface area contributed by atoms with Crippen LogP contribution in [0.4, 0.5) is 0 Å². The Hall–Kier alpha value is -3.09. The van der Waals surface area contributed by atoms with Crippen molar-refractivity contribution < 1.29 is 14.6 Å². The van der Waals surface area contributed by atoms with Crippen molar-refractivity contribution in [2.24, 2.45) is 5.92 Å². The summed E-state index contributed by atoms with van der Waals surface area (Å²) in [4.78, 5) is 21.8. The number of hydrogen-bond acceptors (Lipinski definition) is 6. The first-order valence-corrected chi connectivity index (χ1v) is 11.6. The third-order valence-corrected chi connectivity index (χ3v) is 6.50. The summed E-state index contributed by atoms with van der Waals surface area (Å²) < 4.78 is 5.81. The molecule has 4 rings (SSSR count). The Morgan fingerprint density at radius 3 is 2.24 bits per heavy atom. The second-order valence-electron chi connectivity index (χ2n) is 8.64. The van der Waals surface area contributed by atoms with E-state index in [2.05, 4.69) is 15.3 Å². The number of aromatic nitrogens is 2. The number of carbonyl (C=O) groups excluding carboxylic acids is 1. The van der Waals surface area contributed by atoms with Crippen LogP contribution < -0.4 is 5.32 Å². The van der Waals surface area contributed by atoms with Crippen LogP contribution in [0.2, 0.25) is 0 Å². The van der Waals surface area contributed by atoms with Crippen molar-refractivity contribution in [3.05, 3.63) is 96.1 Å². The summed E-state index contributed by atoms with van der Waals surface area (Å²) in [5.74, 6) is -0.0692. The van der Waals surface area contributed by atoms with Crippen molar-refractivity contribution in [1.82, 2.24) is 15.3 Å². The normalized spacial score (nSPS) is 15.7. The van der Waals surface area contributed by atoms with E-state index in [0.29, 0.717) is 17.0 Å². The van der Waals surface area contributed by atoms with Crippen LogP contribution in [0.1, 0.15) is 48.4 Å². The van der Waals surface area contributed by atoms with Gasteiger partial charge in [-0.3, -0.25) is 0 Å². The SMILES string of the molecule is O=C(OCC(CCC1CCNCC1)c1ccncn1)C(O)(c1ccccc1)c1ccccc1. The van der Waals surface area contributed by atoms with Crippen molar-refractivity contribution in [2.45, 2.75) is 37.2 Å². The van der Waals surface area contributed by atoms with Gasteiger partial charge in [-0.15, -0.1) is 0 Å². The molecular weight excluding hydrogens is 414 g/mol. The molecule has 0 spiro atoms. The molecule has 2 N–H and O–H groups in total. The fourth-order valence-corrected chi connectivity index (χ4v) is 4.51. The number of benzene rings is 2. The zero-order valence-corrected chi connectivity index (χ0v) is 18.8. The highest BCUT2D eigenvalue weighted by Gasteiger charge is 2.42. The van der Waals surface area contributed by atoms with Gasteiger partial charge in [0.1, 0.15) is 6.33 Å². The average molecular weight is 446 g/mol. The van der Waals surface area contributed by atoms with E-state index in [1.165, 1.54) is 6.33 Å². The zero-order chi connectivity index (χ0) is 22.9. The Labute approximate surface area is 195 Å². The van der Waals surface area contributed by atoms with E-state index in [-0.39, 0.29) is 12.5 Å². The van der Waals surface area contributed by atoms with Crippen molar-refractivity contribution in [3.8, 4) is 0 Å². The number of hydrogen-bond donors (Lipinski definition) is 2. The van der Waals surface area contributed by atoms with Crippen LogP contribution in [0.3, 0.4) is 0 Å². The van der Waals surface area contributed by atoms with E-state index in [0.717, 1.165) is 44.5 Å². The second kappa shape index (κ2) is 11.2. The van der Waals surface area contributed by atoms with Gasteiger partial charge >= 0.3 is 5.97 Å². The summed E-state index contributed by atoms with van der Waals surface area (Å²) >= 11 is 0. The molecule has 0 amide bonds. The van der Waals surface area contributed by atoms with E-state index in [4.69, 9.17) is 4.74 Å². The van der Waals surface area contributed by atoms with Crippen LogP contribution in [0.15, 0.2) is 79.3 Å². The molecule has 1 saturated heterocycles. The van der Waals surface area contributed by atoms with Crippen molar-refractivity contribution in [3.63, 3.8) is 0 Å². The van der Waals surface area contributed by atoms with E-state index in [9.17, 15) is 9.90 Å². The van der Waals surface area contributed by atoms with Gasteiger partial charge in [-0.05, 0) is 61.9 Å². The number of carbonyl (C=O) groups is 1. The van der Waals surface area contributed by atoms with Gasteiger partial charge < -0.3 is 15.2 Å². The summed E-state index contributed by atoms with van der Waals surface area (Å²) in [5, 5.41) is 15.0. The minimum absolute atomic E-state index is 0.0531. The largest absolute Gasteiger partial charge is 0.462 e. The molecule has 172 valence electrons. The molecule has 0 aliphatic carbocycles. The van der Waals surface area contributed by atoms with Crippen molar-refractivity contribution in [1.29, 1.82) is 0 Å². The molecule has 1 aliphatic heterocycles. The number of nitrogens with zero attached hydrogens (tertiary/aromatic N) is 2. The first-order valence-electron chi connectivity index (χ1n) is 11.6. The highest BCUT2D eigenvalue weighted by atomic mass is 16.5. The topological polar surface area (TPSA) is 84.3 Å². The third-order valence-electron chi connectivity index (χ3n) is 6.50. The molecule has 1 atom stereocenters. The van der Waals surface area contributed by atoms with Crippen LogP contribution in [0, 0.1) is 5.92 Å². The number of piperidine rings is 1. The lowest BCUT2D eigenvalue weighted by molar-refractivity contribution is -0.162. The maximum absolute atomic E-state index is 13.4. The molecule has 0 saturated carbocycles. The highest BCUT2D eigenvalue weighted by Crippen LogP contribution is 2.32. The molecule has 6 heteroatoms. The van der Waals surface area contributed by atoms with Gasteiger partial charge in [-0.1, -0.05) is 60.7 Å². The third kappa shape index (κ3) is 5.64. The standard InChI is InChI=1S/C27H31N3O3/c31-26(27(32,23-7-3-1-4-8-23)24-9-5-2-6-10-24)33-19-22(25-15-18-29-20-30-25)12-11-21-13-16-28-17-14-21/h1-10,15,18,20-22,28,32H,11-14,16-17,19H2. The molecule has 1 aromatic heterocycles. The van der Waals surface area contributed by atoms with Crippen LogP contribution in [-0.2, 0) is 15.1 Å². The molecule has 1 unspecified atom stereocenters. The summed E-state index contributed by atoms with van der Waals surface area (Å²) in [7, 11) is 0. The van der Waals surface area contributed by atoms with E-state index < -0.39 is 11.6 Å². The molecule has 33 heavy (non-hydrogen) atoms. The van der Waals surface area contributed by atoms with Gasteiger partial charge in [-0.2, -0.15) is 0 Å². The molecule has 2 aromatic carbocycles.